The minimum Gasteiger partial charge on any atom is -0.461 e. The monoisotopic (exact) mass is 360 g/mol. The predicted molar refractivity (Wildman–Crippen MR) is 97.1 cm³/mol. The lowest BCUT2D eigenvalue weighted by atomic mass is 10.2. The number of amides is 2. The number of ether oxygens (including phenoxy) is 1. The summed E-state index contributed by atoms with van der Waals surface area (Å²) in [7, 11) is 0. The number of rotatable bonds is 8. The van der Waals surface area contributed by atoms with Crippen molar-refractivity contribution in [2.45, 2.75) is 26.2 Å². The van der Waals surface area contributed by atoms with Crippen molar-refractivity contribution in [3.63, 3.8) is 0 Å². The summed E-state index contributed by atoms with van der Waals surface area (Å²) in [6, 6.07) is 9.45. The second-order valence-electron chi connectivity index (χ2n) is 5.30. The van der Waals surface area contributed by atoms with Gasteiger partial charge >= 0.3 is 5.97 Å². The first-order chi connectivity index (χ1) is 12.0. The van der Waals surface area contributed by atoms with Gasteiger partial charge in [-0.05, 0) is 37.3 Å². The number of esters is 1. The van der Waals surface area contributed by atoms with E-state index in [9.17, 15) is 14.4 Å². The highest BCUT2D eigenvalue weighted by Crippen LogP contribution is 2.25. The maximum atomic E-state index is 12.5. The smallest absolute Gasteiger partial charge is 0.354 e. The largest absolute Gasteiger partial charge is 0.461 e. The second kappa shape index (κ2) is 8.98. The first-order valence-electron chi connectivity index (χ1n) is 7.96. The Labute approximate surface area is 149 Å². The Morgan fingerprint density at radius 2 is 2.04 bits per heavy atom. The zero-order valence-electron chi connectivity index (χ0n) is 13.9. The van der Waals surface area contributed by atoms with Crippen LogP contribution >= 0.6 is 11.3 Å². The van der Waals surface area contributed by atoms with Crippen LogP contribution in [0.4, 0.5) is 0 Å². The number of hydrogen-bond acceptors (Lipinski definition) is 5. The number of nitrogens with one attached hydrogen (secondary N) is 1. The highest BCUT2D eigenvalue weighted by atomic mass is 32.1. The van der Waals surface area contributed by atoms with E-state index in [0.29, 0.717) is 17.7 Å². The van der Waals surface area contributed by atoms with Crippen LogP contribution in [0.25, 0.3) is 10.1 Å². The molecule has 0 spiro atoms. The van der Waals surface area contributed by atoms with Crippen LogP contribution in [0.1, 0.15) is 35.9 Å². The Balaban J connectivity index is 2.10. The topological polar surface area (TPSA) is 98.5 Å². The summed E-state index contributed by atoms with van der Waals surface area (Å²) in [5, 5.41) is 3.58. The van der Waals surface area contributed by atoms with Crippen molar-refractivity contribution in [1.82, 2.24) is 5.32 Å². The molecule has 25 heavy (non-hydrogen) atoms. The Hall–Kier alpha value is -2.67. The minimum absolute atomic E-state index is 0.0776. The number of allylic oxidation sites excluding steroid dienone is 1. The highest BCUT2D eigenvalue weighted by molar-refractivity contribution is 7.20. The average Bonchev–Trinajstić information content (AvgIpc) is 3.01. The zero-order chi connectivity index (χ0) is 18.2. The van der Waals surface area contributed by atoms with E-state index in [4.69, 9.17) is 10.5 Å². The van der Waals surface area contributed by atoms with Crippen molar-refractivity contribution in [1.29, 1.82) is 0 Å². The van der Waals surface area contributed by atoms with Crippen molar-refractivity contribution in [3.8, 4) is 0 Å². The Bertz CT molecular complexity index is 777. The molecular formula is C18H20N2O4S. The van der Waals surface area contributed by atoms with E-state index in [1.807, 2.05) is 24.3 Å². The van der Waals surface area contributed by atoms with Gasteiger partial charge in [0, 0.05) is 11.1 Å². The lowest BCUT2D eigenvalue weighted by Gasteiger charge is -2.08. The quantitative estimate of drug-likeness (QED) is 0.429. The lowest BCUT2D eigenvalue weighted by Crippen LogP contribution is -2.28. The summed E-state index contributed by atoms with van der Waals surface area (Å²) in [5.41, 5.74) is 5.17. The SMILES string of the molecule is CCOC(=O)C(=CCCCC(N)=O)NC(=O)c1cc2ccccc2s1. The second-order valence-corrected chi connectivity index (χ2v) is 6.38. The van der Waals surface area contributed by atoms with Gasteiger partial charge in [0.25, 0.3) is 5.91 Å². The van der Waals surface area contributed by atoms with E-state index >= 15 is 0 Å². The van der Waals surface area contributed by atoms with Crippen molar-refractivity contribution < 1.29 is 19.1 Å². The maximum absolute atomic E-state index is 12.5. The van der Waals surface area contributed by atoms with Crippen LogP contribution < -0.4 is 11.1 Å². The van der Waals surface area contributed by atoms with E-state index in [1.165, 1.54) is 11.3 Å². The van der Waals surface area contributed by atoms with Gasteiger partial charge in [-0.15, -0.1) is 11.3 Å². The molecule has 3 N–H and O–H groups in total. The predicted octanol–water partition coefficient (Wildman–Crippen LogP) is 2.73. The van der Waals surface area contributed by atoms with Crippen LogP contribution in [0.5, 0.6) is 0 Å². The van der Waals surface area contributed by atoms with E-state index < -0.39 is 11.9 Å². The lowest BCUT2D eigenvalue weighted by molar-refractivity contribution is -0.138. The fourth-order valence-electron chi connectivity index (χ4n) is 2.19. The third-order valence-electron chi connectivity index (χ3n) is 3.37. The Morgan fingerprint density at radius 3 is 2.72 bits per heavy atom. The van der Waals surface area contributed by atoms with E-state index in [1.54, 1.807) is 19.1 Å². The summed E-state index contributed by atoms with van der Waals surface area (Å²) in [6.45, 7) is 1.90. The van der Waals surface area contributed by atoms with Crippen molar-refractivity contribution in [3.05, 3.63) is 47.0 Å². The molecule has 0 bridgehead atoms. The van der Waals surface area contributed by atoms with Gasteiger partial charge in [0.2, 0.25) is 5.91 Å². The van der Waals surface area contributed by atoms with Crippen LogP contribution in [0.3, 0.4) is 0 Å². The minimum atomic E-state index is -0.601. The van der Waals surface area contributed by atoms with Crippen LogP contribution in [0.2, 0.25) is 0 Å². The van der Waals surface area contributed by atoms with Gasteiger partial charge in [-0.3, -0.25) is 9.59 Å². The Kier molecular flexibility index (Phi) is 6.71. The summed E-state index contributed by atoms with van der Waals surface area (Å²) in [4.78, 5) is 35.7. The van der Waals surface area contributed by atoms with Gasteiger partial charge in [0.05, 0.1) is 11.5 Å². The number of thiophene rings is 1. The number of hydrogen-bond donors (Lipinski definition) is 2. The highest BCUT2D eigenvalue weighted by Gasteiger charge is 2.17. The molecule has 1 aromatic carbocycles. The van der Waals surface area contributed by atoms with Crippen LogP contribution in [0, 0.1) is 0 Å². The third kappa shape index (κ3) is 5.42. The van der Waals surface area contributed by atoms with Crippen LogP contribution in [-0.4, -0.2) is 24.4 Å². The fourth-order valence-corrected chi connectivity index (χ4v) is 3.15. The number of benzene rings is 1. The molecule has 2 amide bonds. The molecule has 0 aliphatic rings. The van der Waals surface area contributed by atoms with Crippen LogP contribution in [0.15, 0.2) is 42.1 Å². The molecule has 1 heterocycles. The Morgan fingerprint density at radius 1 is 1.28 bits per heavy atom. The standard InChI is InChI=1S/C18H20N2O4S/c1-2-24-18(23)13(8-4-6-10-16(19)21)20-17(22)15-11-12-7-3-5-9-14(12)25-15/h3,5,7-9,11H,2,4,6,10H2,1H3,(H2,19,21)(H,20,22). The molecule has 6 nitrogen and oxygen atoms in total. The molecule has 0 atom stereocenters. The van der Waals surface area contributed by atoms with Gasteiger partial charge in [-0.25, -0.2) is 4.79 Å². The molecule has 0 fully saturated rings. The van der Waals surface area contributed by atoms with Gasteiger partial charge in [0.15, 0.2) is 0 Å². The number of fused-ring (bicyclic) bond motifs is 1. The average molecular weight is 360 g/mol. The van der Waals surface area contributed by atoms with Gasteiger partial charge in [-0.2, -0.15) is 0 Å². The van der Waals surface area contributed by atoms with Crippen LogP contribution in [-0.2, 0) is 14.3 Å². The summed E-state index contributed by atoms with van der Waals surface area (Å²) >= 11 is 1.35. The van der Waals surface area contributed by atoms with E-state index in [2.05, 4.69) is 5.32 Å². The summed E-state index contributed by atoms with van der Waals surface area (Å²) in [6.07, 6.45) is 2.71. The molecule has 0 unspecified atom stereocenters. The van der Waals surface area contributed by atoms with Crippen molar-refractivity contribution >= 4 is 39.2 Å². The zero-order valence-corrected chi connectivity index (χ0v) is 14.7. The molecule has 2 aromatic rings. The molecule has 7 heteroatoms. The maximum Gasteiger partial charge on any atom is 0.354 e. The molecule has 0 radical (unpaired) electrons. The van der Waals surface area contributed by atoms with Crippen molar-refractivity contribution in [2.24, 2.45) is 5.73 Å². The van der Waals surface area contributed by atoms with E-state index in [0.717, 1.165) is 10.1 Å². The fraction of sp³-hybridized carbons (Fsp3) is 0.278. The number of nitrogens with two attached hydrogens (primary N) is 1. The molecule has 1 aromatic heterocycles. The number of carbonyl (C=O) groups excluding carboxylic acids is 3. The van der Waals surface area contributed by atoms with Crippen molar-refractivity contribution in [2.75, 3.05) is 6.61 Å². The molecule has 0 aliphatic carbocycles. The number of carbonyl (C=O) groups is 3. The first-order valence-corrected chi connectivity index (χ1v) is 8.78. The molecule has 132 valence electrons. The molecule has 0 saturated carbocycles. The summed E-state index contributed by atoms with van der Waals surface area (Å²) < 4.78 is 5.96. The number of primary amides is 1. The number of unbranched alkanes of at least 4 members (excludes halogenated alkanes) is 1. The van der Waals surface area contributed by atoms with E-state index in [-0.39, 0.29) is 24.6 Å². The third-order valence-corrected chi connectivity index (χ3v) is 4.48. The molecule has 2 rings (SSSR count). The van der Waals surface area contributed by atoms with Gasteiger partial charge in [0.1, 0.15) is 5.70 Å². The normalized spacial score (nSPS) is 11.3. The van der Waals surface area contributed by atoms with Gasteiger partial charge in [-0.1, -0.05) is 24.3 Å². The molecular weight excluding hydrogens is 340 g/mol. The van der Waals surface area contributed by atoms with Gasteiger partial charge < -0.3 is 15.8 Å². The summed E-state index contributed by atoms with van der Waals surface area (Å²) in [5.74, 6) is -1.37. The first kappa shape index (κ1) is 18.7. The molecule has 0 aliphatic heterocycles. The molecule has 0 saturated heterocycles.